The molecule has 100 valence electrons. The van der Waals surface area contributed by atoms with Crippen molar-refractivity contribution in [3.63, 3.8) is 0 Å². The highest BCUT2D eigenvalue weighted by Gasteiger charge is 2.02. The van der Waals surface area contributed by atoms with Gasteiger partial charge in [-0.1, -0.05) is 23.8 Å². The predicted molar refractivity (Wildman–Crippen MR) is 77.5 cm³/mol. The number of ether oxygens (including phenoxy) is 1. The molecule has 0 aliphatic carbocycles. The molecular weight excluding hydrogens is 258 g/mol. The SMILES string of the molecule is Cc1ccc(OCCC(=O)NCc2cccs2)cc1. The highest BCUT2D eigenvalue weighted by atomic mass is 32.1. The fourth-order valence-electron chi connectivity index (χ4n) is 1.58. The van der Waals surface area contributed by atoms with Crippen LogP contribution in [0.25, 0.3) is 0 Å². The summed E-state index contributed by atoms with van der Waals surface area (Å²) in [7, 11) is 0. The highest BCUT2D eigenvalue weighted by Crippen LogP contribution is 2.11. The number of hydrogen-bond donors (Lipinski definition) is 1. The van der Waals surface area contributed by atoms with Crippen LogP contribution in [0.2, 0.25) is 0 Å². The van der Waals surface area contributed by atoms with Crippen molar-refractivity contribution in [2.24, 2.45) is 0 Å². The Labute approximate surface area is 117 Å². The van der Waals surface area contributed by atoms with E-state index in [-0.39, 0.29) is 5.91 Å². The summed E-state index contributed by atoms with van der Waals surface area (Å²) in [5.41, 5.74) is 1.20. The van der Waals surface area contributed by atoms with E-state index in [9.17, 15) is 4.79 Å². The maximum Gasteiger partial charge on any atom is 0.223 e. The summed E-state index contributed by atoms with van der Waals surface area (Å²) >= 11 is 1.64. The van der Waals surface area contributed by atoms with E-state index in [4.69, 9.17) is 4.74 Å². The van der Waals surface area contributed by atoms with Crippen molar-refractivity contribution in [1.82, 2.24) is 5.32 Å². The second-order valence-corrected chi connectivity index (χ2v) is 5.30. The zero-order valence-corrected chi connectivity index (χ0v) is 11.7. The van der Waals surface area contributed by atoms with E-state index in [0.717, 1.165) is 10.6 Å². The Hall–Kier alpha value is -1.81. The normalized spacial score (nSPS) is 10.2. The van der Waals surface area contributed by atoms with Crippen LogP contribution < -0.4 is 10.1 Å². The van der Waals surface area contributed by atoms with E-state index >= 15 is 0 Å². The van der Waals surface area contributed by atoms with Crippen LogP contribution in [0, 0.1) is 6.92 Å². The molecule has 19 heavy (non-hydrogen) atoms. The Bertz CT molecular complexity index is 505. The molecule has 1 aromatic carbocycles. The minimum Gasteiger partial charge on any atom is -0.493 e. The molecule has 1 aromatic heterocycles. The number of thiophene rings is 1. The van der Waals surface area contributed by atoms with Crippen LogP contribution in [0.5, 0.6) is 5.75 Å². The van der Waals surface area contributed by atoms with E-state index in [1.54, 1.807) is 11.3 Å². The van der Waals surface area contributed by atoms with Crippen molar-refractivity contribution in [2.75, 3.05) is 6.61 Å². The van der Waals surface area contributed by atoms with Gasteiger partial charge >= 0.3 is 0 Å². The highest BCUT2D eigenvalue weighted by molar-refractivity contribution is 7.09. The van der Waals surface area contributed by atoms with Gasteiger partial charge in [-0.25, -0.2) is 0 Å². The largest absolute Gasteiger partial charge is 0.493 e. The zero-order valence-electron chi connectivity index (χ0n) is 10.9. The molecule has 0 saturated carbocycles. The maximum atomic E-state index is 11.6. The van der Waals surface area contributed by atoms with Gasteiger partial charge in [0, 0.05) is 4.88 Å². The Kier molecular flexibility index (Phi) is 4.98. The molecule has 0 saturated heterocycles. The molecule has 2 aromatic rings. The number of aryl methyl sites for hydroxylation is 1. The summed E-state index contributed by atoms with van der Waals surface area (Å²) in [6.07, 6.45) is 0.374. The van der Waals surface area contributed by atoms with Gasteiger partial charge in [-0.2, -0.15) is 0 Å². The predicted octanol–water partition coefficient (Wildman–Crippen LogP) is 3.14. The monoisotopic (exact) mass is 275 g/mol. The minimum absolute atomic E-state index is 0.0144. The molecule has 1 amide bonds. The van der Waals surface area contributed by atoms with Crippen LogP contribution in [0.3, 0.4) is 0 Å². The first-order chi connectivity index (χ1) is 9.24. The van der Waals surface area contributed by atoms with Crippen LogP contribution in [-0.2, 0) is 11.3 Å². The molecule has 1 N–H and O–H groups in total. The molecule has 0 spiro atoms. The molecule has 0 fully saturated rings. The number of hydrogen-bond acceptors (Lipinski definition) is 3. The van der Waals surface area contributed by atoms with Crippen LogP contribution in [0.4, 0.5) is 0 Å². The molecule has 4 heteroatoms. The quantitative estimate of drug-likeness (QED) is 0.879. The molecule has 3 nitrogen and oxygen atoms in total. The first-order valence-corrected chi connectivity index (χ1v) is 7.10. The topological polar surface area (TPSA) is 38.3 Å². The van der Waals surface area contributed by atoms with Gasteiger partial charge in [0.2, 0.25) is 5.91 Å². The van der Waals surface area contributed by atoms with E-state index < -0.39 is 0 Å². The van der Waals surface area contributed by atoms with Gasteiger partial charge in [0.25, 0.3) is 0 Å². The molecular formula is C15H17NO2S. The molecule has 2 rings (SSSR count). The zero-order chi connectivity index (χ0) is 13.5. The third kappa shape index (κ3) is 4.75. The Morgan fingerprint density at radius 1 is 1.26 bits per heavy atom. The number of nitrogens with one attached hydrogen (secondary N) is 1. The van der Waals surface area contributed by atoms with Crippen molar-refractivity contribution in [3.8, 4) is 5.75 Å². The lowest BCUT2D eigenvalue weighted by atomic mass is 10.2. The van der Waals surface area contributed by atoms with E-state index in [1.807, 2.05) is 48.7 Å². The molecule has 0 aliphatic heterocycles. The summed E-state index contributed by atoms with van der Waals surface area (Å²) < 4.78 is 5.51. The third-order valence-corrected chi connectivity index (χ3v) is 3.54. The Balaban J connectivity index is 1.65. The number of amides is 1. The number of carbonyl (C=O) groups excluding carboxylic acids is 1. The molecule has 0 unspecified atom stereocenters. The molecule has 1 heterocycles. The van der Waals surface area contributed by atoms with Crippen molar-refractivity contribution < 1.29 is 9.53 Å². The second kappa shape index (κ2) is 6.95. The molecule has 0 bridgehead atoms. The number of carbonyl (C=O) groups is 1. The molecule has 0 aliphatic rings. The molecule has 0 radical (unpaired) electrons. The van der Waals surface area contributed by atoms with Crippen molar-refractivity contribution in [2.45, 2.75) is 19.9 Å². The minimum atomic E-state index is 0.0144. The van der Waals surface area contributed by atoms with Crippen LogP contribution in [0.1, 0.15) is 16.9 Å². The maximum absolute atomic E-state index is 11.6. The van der Waals surface area contributed by atoms with Gasteiger partial charge in [-0.15, -0.1) is 11.3 Å². The van der Waals surface area contributed by atoms with Crippen molar-refractivity contribution in [1.29, 1.82) is 0 Å². The fourth-order valence-corrected chi connectivity index (χ4v) is 2.23. The molecule has 0 atom stereocenters. The average Bonchev–Trinajstić information content (AvgIpc) is 2.92. The number of benzene rings is 1. The summed E-state index contributed by atoms with van der Waals surface area (Å²) in [6.45, 7) is 3.03. The van der Waals surface area contributed by atoms with E-state index in [1.165, 1.54) is 5.56 Å². The average molecular weight is 275 g/mol. The fraction of sp³-hybridized carbons (Fsp3) is 0.267. The summed E-state index contributed by atoms with van der Waals surface area (Å²) in [5, 5.41) is 4.87. The van der Waals surface area contributed by atoms with Crippen molar-refractivity contribution in [3.05, 3.63) is 52.2 Å². The summed E-state index contributed by atoms with van der Waals surface area (Å²) in [4.78, 5) is 12.8. The summed E-state index contributed by atoms with van der Waals surface area (Å²) in [6, 6.07) is 11.8. The first kappa shape index (κ1) is 13.6. The smallest absolute Gasteiger partial charge is 0.223 e. The van der Waals surface area contributed by atoms with Crippen LogP contribution in [-0.4, -0.2) is 12.5 Å². The van der Waals surface area contributed by atoms with Gasteiger partial charge in [0.15, 0.2) is 0 Å². The van der Waals surface area contributed by atoms with Crippen molar-refractivity contribution >= 4 is 17.2 Å². The number of rotatable bonds is 6. The van der Waals surface area contributed by atoms with Gasteiger partial charge in [-0.3, -0.25) is 4.79 Å². The Morgan fingerprint density at radius 2 is 2.05 bits per heavy atom. The standard InChI is InChI=1S/C15H17NO2S/c1-12-4-6-13(7-5-12)18-9-8-15(17)16-11-14-3-2-10-19-14/h2-7,10H,8-9,11H2,1H3,(H,16,17). The van der Waals surface area contributed by atoms with E-state index in [2.05, 4.69) is 5.32 Å². The van der Waals surface area contributed by atoms with Crippen LogP contribution in [0.15, 0.2) is 41.8 Å². The van der Waals surface area contributed by atoms with Gasteiger partial charge in [-0.05, 0) is 30.5 Å². The van der Waals surface area contributed by atoms with Crippen LogP contribution >= 0.6 is 11.3 Å². The lowest BCUT2D eigenvalue weighted by Crippen LogP contribution is -2.23. The lowest BCUT2D eigenvalue weighted by Gasteiger charge is -2.07. The third-order valence-electron chi connectivity index (χ3n) is 2.66. The van der Waals surface area contributed by atoms with Gasteiger partial charge < -0.3 is 10.1 Å². The lowest BCUT2D eigenvalue weighted by molar-refractivity contribution is -0.121. The second-order valence-electron chi connectivity index (χ2n) is 4.27. The van der Waals surface area contributed by atoms with Gasteiger partial charge in [0.1, 0.15) is 5.75 Å². The first-order valence-electron chi connectivity index (χ1n) is 6.22. The Morgan fingerprint density at radius 3 is 2.74 bits per heavy atom. The summed E-state index contributed by atoms with van der Waals surface area (Å²) in [5.74, 6) is 0.817. The van der Waals surface area contributed by atoms with E-state index in [0.29, 0.717) is 19.6 Å². The van der Waals surface area contributed by atoms with Gasteiger partial charge in [0.05, 0.1) is 19.6 Å².